The van der Waals surface area contributed by atoms with Gasteiger partial charge in [-0.05, 0) is 36.1 Å². The maximum absolute atomic E-state index is 5.37. The van der Waals surface area contributed by atoms with Crippen LogP contribution in [0.1, 0.15) is 23.4 Å². The second-order valence-electron chi connectivity index (χ2n) is 4.65. The molecular formula is C16H21NO3S. The van der Waals surface area contributed by atoms with Gasteiger partial charge in [0.05, 0.1) is 21.3 Å². The molecule has 0 aliphatic rings. The molecule has 1 atom stereocenters. The standard InChI is InChI=1S/C16H21NO3S/c1-11(15-6-5-7-21-15)17-10-12-8-13(18-2)16(20-4)14(9-12)19-3/h5-9,11,17H,10H2,1-4H3. The van der Waals surface area contributed by atoms with Gasteiger partial charge in [0, 0.05) is 17.5 Å². The highest BCUT2D eigenvalue weighted by atomic mass is 32.1. The lowest BCUT2D eigenvalue weighted by atomic mass is 10.1. The molecule has 1 aromatic heterocycles. The predicted octanol–water partition coefficient (Wildman–Crippen LogP) is 3.62. The summed E-state index contributed by atoms with van der Waals surface area (Å²) in [4.78, 5) is 1.32. The monoisotopic (exact) mass is 307 g/mol. The lowest BCUT2D eigenvalue weighted by molar-refractivity contribution is 0.323. The van der Waals surface area contributed by atoms with Crippen LogP contribution in [0.25, 0.3) is 0 Å². The van der Waals surface area contributed by atoms with Crippen molar-refractivity contribution in [3.63, 3.8) is 0 Å². The van der Waals surface area contributed by atoms with Crippen molar-refractivity contribution in [1.29, 1.82) is 0 Å². The Bertz CT molecular complexity index is 544. The minimum atomic E-state index is 0.309. The molecule has 2 aromatic rings. The molecule has 114 valence electrons. The summed E-state index contributed by atoms with van der Waals surface area (Å²) in [6.45, 7) is 2.89. The lowest BCUT2D eigenvalue weighted by Gasteiger charge is -2.16. The molecule has 1 aromatic carbocycles. The van der Waals surface area contributed by atoms with E-state index in [1.807, 2.05) is 12.1 Å². The van der Waals surface area contributed by atoms with Crippen molar-refractivity contribution < 1.29 is 14.2 Å². The van der Waals surface area contributed by atoms with Gasteiger partial charge in [0.1, 0.15) is 0 Å². The Balaban J connectivity index is 2.13. The molecule has 1 heterocycles. The molecule has 0 radical (unpaired) electrons. The van der Waals surface area contributed by atoms with Crippen molar-refractivity contribution in [3.8, 4) is 17.2 Å². The third-order valence-corrected chi connectivity index (χ3v) is 4.36. The van der Waals surface area contributed by atoms with Crippen LogP contribution < -0.4 is 19.5 Å². The number of ether oxygens (including phenoxy) is 3. The van der Waals surface area contributed by atoms with Gasteiger partial charge in [-0.3, -0.25) is 0 Å². The van der Waals surface area contributed by atoms with Gasteiger partial charge >= 0.3 is 0 Å². The third-order valence-electron chi connectivity index (χ3n) is 3.31. The Morgan fingerprint density at radius 3 is 2.24 bits per heavy atom. The molecule has 5 heteroatoms. The summed E-state index contributed by atoms with van der Waals surface area (Å²) >= 11 is 1.76. The largest absolute Gasteiger partial charge is 0.493 e. The Morgan fingerprint density at radius 2 is 1.76 bits per heavy atom. The maximum Gasteiger partial charge on any atom is 0.203 e. The number of hydrogen-bond donors (Lipinski definition) is 1. The van der Waals surface area contributed by atoms with E-state index >= 15 is 0 Å². The maximum atomic E-state index is 5.37. The smallest absolute Gasteiger partial charge is 0.203 e. The minimum Gasteiger partial charge on any atom is -0.493 e. The third kappa shape index (κ3) is 3.68. The van der Waals surface area contributed by atoms with Crippen molar-refractivity contribution in [3.05, 3.63) is 40.1 Å². The van der Waals surface area contributed by atoms with Crippen LogP contribution in [0.15, 0.2) is 29.6 Å². The van der Waals surface area contributed by atoms with Crippen molar-refractivity contribution in [2.45, 2.75) is 19.5 Å². The minimum absolute atomic E-state index is 0.309. The van der Waals surface area contributed by atoms with Crippen LogP contribution >= 0.6 is 11.3 Å². The topological polar surface area (TPSA) is 39.7 Å². The summed E-state index contributed by atoms with van der Waals surface area (Å²) in [5.41, 5.74) is 1.09. The fourth-order valence-corrected chi connectivity index (χ4v) is 2.91. The molecule has 0 amide bonds. The first-order chi connectivity index (χ1) is 10.2. The molecule has 21 heavy (non-hydrogen) atoms. The number of methoxy groups -OCH3 is 3. The average molecular weight is 307 g/mol. The predicted molar refractivity (Wildman–Crippen MR) is 85.7 cm³/mol. The zero-order chi connectivity index (χ0) is 15.2. The van der Waals surface area contributed by atoms with Crippen LogP contribution in [-0.4, -0.2) is 21.3 Å². The second-order valence-corrected chi connectivity index (χ2v) is 5.63. The van der Waals surface area contributed by atoms with Gasteiger partial charge in [-0.25, -0.2) is 0 Å². The summed E-state index contributed by atoms with van der Waals surface area (Å²) in [5, 5.41) is 5.59. The molecular weight excluding hydrogens is 286 g/mol. The zero-order valence-corrected chi connectivity index (χ0v) is 13.6. The lowest BCUT2D eigenvalue weighted by Crippen LogP contribution is -2.17. The van der Waals surface area contributed by atoms with Crippen LogP contribution in [-0.2, 0) is 6.54 Å². The van der Waals surface area contributed by atoms with Gasteiger partial charge in [0.25, 0.3) is 0 Å². The normalized spacial score (nSPS) is 12.0. The van der Waals surface area contributed by atoms with Gasteiger partial charge in [0.15, 0.2) is 11.5 Å². The number of rotatable bonds is 7. The first kappa shape index (κ1) is 15.7. The Morgan fingerprint density at radius 1 is 1.10 bits per heavy atom. The average Bonchev–Trinajstić information content (AvgIpc) is 3.05. The highest BCUT2D eigenvalue weighted by Crippen LogP contribution is 2.38. The molecule has 2 rings (SSSR count). The van der Waals surface area contributed by atoms with Crippen molar-refractivity contribution in [2.24, 2.45) is 0 Å². The highest BCUT2D eigenvalue weighted by molar-refractivity contribution is 7.10. The summed E-state index contributed by atoms with van der Waals surface area (Å²) in [7, 11) is 4.86. The van der Waals surface area contributed by atoms with E-state index in [0.29, 0.717) is 23.3 Å². The summed E-state index contributed by atoms with van der Waals surface area (Å²) in [5.74, 6) is 1.98. The molecule has 0 bridgehead atoms. The fraction of sp³-hybridized carbons (Fsp3) is 0.375. The molecule has 0 aliphatic heterocycles. The molecule has 0 spiro atoms. The van der Waals surface area contributed by atoms with Crippen LogP contribution in [0.2, 0.25) is 0 Å². The van der Waals surface area contributed by atoms with Gasteiger partial charge in [-0.15, -0.1) is 11.3 Å². The van der Waals surface area contributed by atoms with Crippen molar-refractivity contribution >= 4 is 11.3 Å². The SMILES string of the molecule is COc1cc(CNC(C)c2cccs2)cc(OC)c1OC. The van der Waals surface area contributed by atoms with Gasteiger partial charge < -0.3 is 19.5 Å². The quantitative estimate of drug-likeness (QED) is 0.848. The van der Waals surface area contributed by atoms with E-state index < -0.39 is 0 Å². The van der Waals surface area contributed by atoms with E-state index in [-0.39, 0.29) is 0 Å². The number of thiophene rings is 1. The number of hydrogen-bond acceptors (Lipinski definition) is 5. The second kappa shape index (κ2) is 7.33. The van der Waals surface area contributed by atoms with E-state index in [0.717, 1.165) is 12.1 Å². The Kier molecular flexibility index (Phi) is 5.47. The number of benzene rings is 1. The highest BCUT2D eigenvalue weighted by Gasteiger charge is 2.14. The fourth-order valence-electron chi connectivity index (χ4n) is 2.15. The van der Waals surface area contributed by atoms with E-state index in [9.17, 15) is 0 Å². The molecule has 0 saturated carbocycles. The van der Waals surface area contributed by atoms with E-state index in [2.05, 4.69) is 29.8 Å². The van der Waals surface area contributed by atoms with Gasteiger partial charge in [-0.1, -0.05) is 6.07 Å². The van der Waals surface area contributed by atoms with Crippen molar-refractivity contribution in [2.75, 3.05) is 21.3 Å². The van der Waals surface area contributed by atoms with Crippen LogP contribution in [0.3, 0.4) is 0 Å². The molecule has 0 saturated heterocycles. The van der Waals surface area contributed by atoms with Crippen LogP contribution in [0.5, 0.6) is 17.2 Å². The summed E-state index contributed by atoms with van der Waals surface area (Å²) in [6, 6.07) is 8.45. The van der Waals surface area contributed by atoms with Crippen molar-refractivity contribution in [1.82, 2.24) is 5.32 Å². The Labute approximate surface area is 129 Å². The molecule has 1 unspecified atom stereocenters. The first-order valence-electron chi connectivity index (χ1n) is 6.75. The van der Waals surface area contributed by atoms with Gasteiger partial charge in [-0.2, -0.15) is 0 Å². The zero-order valence-electron chi connectivity index (χ0n) is 12.8. The van der Waals surface area contributed by atoms with E-state index in [1.54, 1.807) is 32.7 Å². The summed E-state index contributed by atoms with van der Waals surface area (Å²) in [6.07, 6.45) is 0. The summed E-state index contributed by atoms with van der Waals surface area (Å²) < 4.78 is 16.1. The molecule has 1 N–H and O–H groups in total. The van der Waals surface area contributed by atoms with Crippen LogP contribution in [0, 0.1) is 0 Å². The molecule has 0 fully saturated rings. The Hall–Kier alpha value is -1.72. The van der Waals surface area contributed by atoms with E-state index in [4.69, 9.17) is 14.2 Å². The first-order valence-corrected chi connectivity index (χ1v) is 7.63. The number of nitrogens with one attached hydrogen (secondary N) is 1. The molecule has 0 aliphatic carbocycles. The van der Waals surface area contributed by atoms with Gasteiger partial charge in [0.2, 0.25) is 5.75 Å². The van der Waals surface area contributed by atoms with E-state index in [1.165, 1.54) is 4.88 Å². The van der Waals surface area contributed by atoms with Crippen LogP contribution in [0.4, 0.5) is 0 Å². The molecule has 4 nitrogen and oxygen atoms in total.